The van der Waals surface area contributed by atoms with E-state index < -0.39 is 0 Å². The van der Waals surface area contributed by atoms with Gasteiger partial charge in [0.15, 0.2) is 0 Å². The van der Waals surface area contributed by atoms with E-state index in [0.29, 0.717) is 11.6 Å². The molecule has 0 saturated heterocycles. The molecule has 1 heterocycles. The first kappa shape index (κ1) is 13.2. The molecule has 0 aromatic carbocycles. The fraction of sp³-hybridized carbons (Fsp3) is 0.385. The Bertz CT molecular complexity index is 402. The zero-order chi connectivity index (χ0) is 12.8. The molecular formula is C13H18N2O2. The first-order chi connectivity index (χ1) is 8.02. The second-order valence-electron chi connectivity index (χ2n) is 4.03. The van der Waals surface area contributed by atoms with Gasteiger partial charge in [-0.1, -0.05) is 12.1 Å². The van der Waals surface area contributed by atoms with Crippen LogP contribution in [0, 0.1) is 0 Å². The Hall–Kier alpha value is -1.84. The summed E-state index contributed by atoms with van der Waals surface area (Å²) in [7, 11) is 0. The van der Waals surface area contributed by atoms with Crippen LogP contribution in [0.5, 0.6) is 5.88 Å². The summed E-state index contributed by atoms with van der Waals surface area (Å²) in [5.41, 5.74) is 0.344. The highest BCUT2D eigenvalue weighted by atomic mass is 16.5. The molecule has 4 heteroatoms. The van der Waals surface area contributed by atoms with Crippen molar-refractivity contribution in [3.8, 4) is 5.88 Å². The van der Waals surface area contributed by atoms with Crippen LogP contribution in [0.25, 0.3) is 0 Å². The van der Waals surface area contributed by atoms with E-state index in [4.69, 9.17) is 4.74 Å². The van der Waals surface area contributed by atoms with Crippen LogP contribution in [0.3, 0.4) is 0 Å². The molecule has 1 atom stereocenters. The first-order valence-corrected chi connectivity index (χ1v) is 5.60. The molecule has 1 N–H and O–H groups in total. The highest BCUT2D eigenvalue weighted by Crippen LogP contribution is 2.09. The number of carbonyl (C=O) groups is 1. The monoisotopic (exact) mass is 234 g/mol. The lowest BCUT2D eigenvalue weighted by atomic mass is 10.3. The van der Waals surface area contributed by atoms with Crippen LogP contribution in [0.15, 0.2) is 30.9 Å². The number of nitrogens with zero attached hydrogens (tertiary/aromatic N) is 1. The predicted molar refractivity (Wildman–Crippen MR) is 67.1 cm³/mol. The number of aromatic nitrogens is 1. The Morgan fingerprint density at radius 2 is 2.18 bits per heavy atom. The smallest absolute Gasteiger partial charge is 0.270 e. The van der Waals surface area contributed by atoms with Crippen LogP contribution < -0.4 is 10.1 Å². The largest absolute Gasteiger partial charge is 0.475 e. The number of rotatable bonds is 5. The van der Waals surface area contributed by atoms with Gasteiger partial charge in [0.05, 0.1) is 6.10 Å². The number of pyridine rings is 1. The van der Waals surface area contributed by atoms with Crippen LogP contribution in [0.2, 0.25) is 0 Å². The predicted octanol–water partition coefficient (Wildman–Crippen LogP) is 2.17. The quantitative estimate of drug-likeness (QED) is 0.794. The maximum atomic E-state index is 11.8. The van der Waals surface area contributed by atoms with E-state index in [2.05, 4.69) is 16.9 Å². The van der Waals surface area contributed by atoms with Crippen molar-refractivity contribution in [3.63, 3.8) is 0 Å². The van der Waals surface area contributed by atoms with Gasteiger partial charge in [-0.05, 0) is 26.8 Å². The molecule has 0 fully saturated rings. The molecular weight excluding hydrogens is 216 g/mol. The molecule has 0 radical (unpaired) electrons. The van der Waals surface area contributed by atoms with Crippen LogP contribution in [0.4, 0.5) is 0 Å². The fourth-order valence-electron chi connectivity index (χ4n) is 1.19. The third-order valence-electron chi connectivity index (χ3n) is 2.02. The minimum absolute atomic E-state index is 0.0351. The van der Waals surface area contributed by atoms with E-state index in [9.17, 15) is 4.79 Å². The maximum Gasteiger partial charge on any atom is 0.270 e. The number of nitrogens with one attached hydrogen (secondary N) is 1. The van der Waals surface area contributed by atoms with Gasteiger partial charge in [-0.2, -0.15) is 0 Å². The number of amides is 1. The normalized spacial score (nSPS) is 12.0. The SMILES string of the molecule is C=C[C@@H](C)NC(=O)c1cccc(OC(C)C)n1. The highest BCUT2D eigenvalue weighted by molar-refractivity contribution is 5.92. The zero-order valence-corrected chi connectivity index (χ0v) is 10.4. The first-order valence-electron chi connectivity index (χ1n) is 5.60. The number of hydrogen-bond acceptors (Lipinski definition) is 3. The zero-order valence-electron chi connectivity index (χ0n) is 10.4. The van der Waals surface area contributed by atoms with E-state index in [0.717, 1.165) is 0 Å². The molecule has 0 spiro atoms. The Kier molecular flexibility index (Phi) is 4.69. The van der Waals surface area contributed by atoms with Crippen LogP contribution in [-0.4, -0.2) is 23.0 Å². The van der Waals surface area contributed by atoms with Crippen molar-refractivity contribution in [2.75, 3.05) is 0 Å². The fourth-order valence-corrected chi connectivity index (χ4v) is 1.19. The van der Waals surface area contributed by atoms with Crippen LogP contribution in [0.1, 0.15) is 31.3 Å². The van der Waals surface area contributed by atoms with E-state index in [1.165, 1.54) is 0 Å². The Labute approximate surface area is 102 Å². The average Bonchev–Trinajstić information content (AvgIpc) is 2.28. The minimum atomic E-state index is -0.230. The summed E-state index contributed by atoms with van der Waals surface area (Å²) >= 11 is 0. The molecule has 0 unspecified atom stereocenters. The minimum Gasteiger partial charge on any atom is -0.475 e. The standard InChI is InChI=1S/C13H18N2O2/c1-5-10(4)14-13(16)11-7-6-8-12(15-11)17-9(2)3/h5-10H,1H2,2-4H3,(H,14,16)/t10-/m1/s1. The summed E-state index contributed by atoms with van der Waals surface area (Å²) in [6.07, 6.45) is 1.69. The van der Waals surface area contributed by atoms with Gasteiger partial charge in [0.2, 0.25) is 5.88 Å². The second-order valence-corrected chi connectivity index (χ2v) is 4.03. The van der Waals surface area contributed by atoms with Crippen molar-refractivity contribution in [1.29, 1.82) is 0 Å². The van der Waals surface area contributed by atoms with Crippen molar-refractivity contribution >= 4 is 5.91 Å². The van der Waals surface area contributed by atoms with Gasteiger partial charge >= 0.3 is 0 Å². The van der Waals surface area contributed by atoms with Gasteiger partial charge in [0, 0.05) is 12.1 Å². The summed E-state index contributed by atoms with van der Waals surface area (Å²) in [5, 5.41) is 2.75. The summed E-state index contributed by atoms with van der Waals surface area (Å²) in [4.78, 5) is 15.9. The molecule has 1 aromatic heterocycles. The van der Waals surface area contributed by atoms with Gasteiger partial charge in [0.1, 0.15) is 5.69 Å². The lowest BCUT2D eigenvalue weighted by molar-refractivity contribution is 0.0940. The summed E-state index contributed by atoms with van der Waals surface area (Å²) in [5.74, 6) is 0.227. The van der Waals surface area contributed by atoms with Crippen molar-refractivity contribution in [3.05, 3.63) is 36.5 Å². The van der Waals surface area contributed by atoms with E-state index in [-0.39, 0.29) is 18.1 Å². The molecule has 92 valence electrons. The third kappa shape index (κ3) is 4.26. The molecule has 1 amide bonds. The van der Waals surface area contributed by atoms with Gasteiger partial charge < -0.3 is 10.1 Å². The molecule has 1 aromatic rings. The molecule has 17 heavy (non-hydrogen) atoms. The maximum absolute atomic E-state index is 11.8. The van der Waals surface area contributed by atoms with Crippen molar-refractivity contribution < 1.29 is 9.53 Å². The van der Waals surface area contributed by atoms with Crippen molar-refractivity contribution in [2.45, 2.75) is 32.9 Å². The van der Waals surface area contributed by atoms with Gasteiger partial charge in [-0.15, -0.1) is 6.58 Å². The molecule has 1 rings (SSSR count). The Balaban J connectivity index is 2.77. The second kappa shape index (κ2) is 6.03. The topological polar surface area (TPSA) is 51.2 Å². The number of hydrogen-bond donors (Lipinski definition) is 1. The molecule has 0 bridgehead atoms. The number of carbonyl (C=O) groups excluding carboxylic acids is 1. The molecule has 0 aliphatic carbocycles. The van der Waals surface area contributed by atoms with Gasteiger partial charge in [-0.25, -0.2) is 4.98 Å². The Morgan fingerprint density at radius 1 is 1.47 bits per heavy atom. The van der Waals surface area contributed by atoms with Crippen molar-refractivity contribution in [1.82, 2.24) is 10.3 Å². The Morgan fingerprint density at radius 3 is 2.76 bits per heavy atom. The van der Waals surface area contributed by atoms with Gasteiger partial charge in [-0.3, -0.25) is 4.79 Å². The van der Waals surface area contributed by atoms with E-state index in [1.54, 1.807) is 24.3 Å². The molecule has 4 nitrogen and oxygen atoms in total. The summed E-state index contributed by atoms with van der Waals surface area (Å²) < 4.78 is 5.43. The van der Waals surface area contributed by atoms with Crippen LogP contribution in [-0.2, 0) is 0 Å². The molecule has 0 saturated carbocycles. The summed E-state index contributed by atoms with van der Waals surface area (Å²) in [6.45, 7) is 9.27. The highest BCUT2D eigenvalue weighted by Gasteiger charge is 2.10. The van der Waals surface area contributed by atoms with Crippen molar-refractivity contribution in [2.24, 2.45) is 0 Å². The lowest BCUT2D eigenvalue weighted by Crippen LogP contribution is -2.31. The summed E-state index contributed by atoms with van der Waals surface area (Å²) in [6, 6.07) is 5.04. The van der Waals surface area contributed by atoms with Crippen LogP contribution >= 0.6 is 0 Å². The third-order valence-corrected chi connectivity index (χ3v) is 2.02. The van der Waals surface area contributed by atoms with Gasteiger partial charge in [0.25, 0.3) is 5.91 Å². The van der Waals surface area contributed by atoms with E-state index >= 15 is 0 Å². The number of ether oxygens (including phenoxy) is 1. The van der Waals surface area contributed by atoms with E-state index in [1.807, 2.05) is 20.8 Å². The average molecular weight is 234 g/mol. The lowest BCUT2D eigenvalue weighted by Gasteiger charge is -2.11. The molecule has 0 aliphatic heterocycles. The molecule has 0 aliphatic rings.